The van der Waals surface area contributed by atoms with Gasteiger partial charge in [0.25, 0.3) is 0 Å². The van der Waals surface area contributed by atoms with Crippen LogP contribution < -0.4 is 10.6 Å². The molecule has 82 valence electrons. The summed E-state index contributed by atoms with van der Waals surface area (Å²) in [5, 5.41) is 0. The lowest BCUT2D eigenvalue weighted by Gasteiger charge is -2.17. The number of rotatable bonds is 1. The molecule has 2 aliphatic rings. The number of nitrogens with zero attached hydrogens (tertiary/aromatic N) is 2. The molecule has 0 aromatic carbocycles. The molecule has 5 heteroatoms. The first kappa shape index (κ1) is 9.33. The number of hydrogen-bond acceptors (Lipinski definition) is 4. The smallest absolute Gasteiger partial charge is 0.238 e. The maximum Gasteiger partial charge on any atom is 0.238 e. The van der Waals surface area contributed by atoms with Gasteiger partial charge in [-0.2, -0.15) is 0 Å². The molecule has 1 aliphatic heterocycles. The Labute approximate surface area is 92.3 Å². The van der Waals surface area contributed by atoms with Gasteiger partial charge in [0, 0.05) is 0 Å². The first-order valence-corrected chi connectivity index (χ1v) is 5.19. The number of fused-ring (bicyclic) bond motifs is 1. The van der Waals surface area contributed by atoms with Gasteiger partial charge in [-0.3, -0.25) is 9.59 Å². The summed E-state index contributed by atoms with van der Waals surface area (Å²) in [5.74, 6) is 0.0136. The second-order valence-corrected chi connectivity index (χ2v) is 4.37. The van der Waals surface area contributed by atoms with Crippen LogP contribution >= 0.6 is 0 Å². The molecule has 1 saturated carbocycles. The van der Waals surface area contributed by atoms with Gasteiger partial charge in [0.2, 0.25) is 11.8 Å². The Bertz CT molecular complexity index is 492. The molecule has 3 rings (SSSR count). The highest BCUT2D eigenvalue weighted by Gasteiger charge is 2.59. The molecule has 5 nitrogen and oxygen atoms in total. The predicted octanol–water partition coefficient (Wildman–Crippen LogP) is 0.482. The summed E-state index contributed by atoms with van der Waals surface area (Å²) in [4.78, 5) is 28.9. The van der Waals surface area contributed by atoms with Gasteiger partial charge in [0.15, 0.2) is 0 Å². The zero-order chi connectivity index (χ0) is 11.4. The van der Waals surface area contributed by atoms with Crippen LogP contribution in [-0.4, -0.2) is 16.8 Å². The number of aromatic nitrogens is 1. The third-order valence-corrected chi connectivity index (χ3v) is 3.15. The number of anilines is 2. The zero-order valence-corrected chi connectivity index (χ0v) is 8.80. The maximum atomic E-state index is 11.8. The molecule has 2 amide bonds. The van der Waals surface area contributed by atoms with Crippen molar-refractivity contribution in [1.29, 1.82) is 0 Å². The molecule has 2 unspecified atom stereocenters. The van der Waals surface area contributed by atoms with Gasteiger partial charge in [-0.25, -0.2) is 9.88 Å². The van der Waals surface area contributed by atoms with Crippen molar-refractivity contribution in [2.45, 2.75) is 13.3 Å². The lowest BCUT2D eigenvalue weighted by molar-refractivity contribution is -0.123. The fourth-order valence-electron chi connectivity index (χ4n) is 2.21. The van der Waals surface area contributed by atoms with Gasteiger partial charge in [0.1, 0.15) is 5.82 Å². The van der Waals surface area contributed by atoms with Crippen LogP contribution in [0.2, 0.25) is 0 Å². The minimum absolute atomic E-state index is 0.0914. The molecule has 2 atom stereocenters. The second kappa shape index (κ2) is 2.81. The lowest BCUT2D eigenvalue weighted by atomic mass is 10.2. The number of nitrogen functional groups attached to an aromatic ring is 1. The highest BCUT2D eigenvalue weighted by Crippen LogP contribution is 2.48. The molecule has 1 aromatic rings. The summed E-state index contributed by atoms with van der Waals surface area (Å²) in [5.41, 5.74) is 6.87. The molecule has 2 fully saturated rings. The minimum Gasteiger partial charge on any atom is -0.397 e. The Morgan fingerprint density at radius 2 is 2.00 bits per heavy atom. The molecule has 0 radical (unpaired) electrons. The van der Waals surface area contributed by atoms with Crippen molar-refractivity contribution < 1.29 is 9.59 Å². The van der Waals surface area contributed by atoms with Crippen LogP contribution in [-0.2, 0) is 9.59 Å². The average Bonchev–Trinajstić information content (AvgIpc) is 2.96. The SMILES string of the molecule is Cc1cc(N)cnc1N1C(=O)C2CC2C1=O. The molecule has 2 N–H and O–H groups in total. The zero-order valence-electron chi connectivity index (χ0n) is 8.80. The number of pyridine rings is 1. The van der Waals surface area contributed by atoms with Gasteiger partial charge < -0.3 is 5.73 Å². The number of nitrogens with two attached hydrogens (primary N) is 1. The average molecular weight is 217 g/mol. The van der Waals surface area contributed by atoms with E-state index in [1.54, 1.807) is 13.0 Å². The number of carbonyl (C=O) groups is 2. The van der Waals surface area contributed by atoms with E-state index in [4.69, 9.17) is 5.73 Å². The summed E-state index contributed by atoms with van der Waals surface area (Å²) < 4.78 is 0. The Hall–Kier alpha value is -1.91. The Morgan fingerprint density at radius 1 is 1.38 bits per heavy atom. The van der Waals surface area contributed by atoms with Gasteiger partial charge in [-0.1, -0.05) is 0 Å². The van der Waals surface area contributed by atoms with Gasteiger partial charge in [-0.15, -0.1) is 0 Å². The molecule has 1 aromatic heterocycles. The van der Waals surface area contributed by atoms with Crippen LogP contribution in [0.1, 0.15) is 12.0 Å². The lowest BCUT2D eigenvalue weighted by Crippen LogP contribution is -2.34. The van der Waals surface area contributed by atoms with E-state index >= 15 is 0 Å². The topological polar surface area (TPSA) is 76.3 Å². The molecule has 1 aliphatic carbocycles. The summed E-state index contributed by atoms with van der Waals surface area (Å²) in [6, 6.07) is 1.72. The molecule has 0 spiro atoms. The van der Waals surface area contributed by atoms with E-state index in [0.717, 1.165) is 5.56 Å². The highest BCUT2D eigenvalue weighted by atomic mass is 16.2. The molecule has 16 heavy (non-hydrogen) atoms. The fraction of sp³-hybridized carbons (Fsp3) is 0.364. The van der Waals surface area contributed by atoms with Crippen LogP contribution in [0.4, 0.5) is 11.5 Å². The molecule has 0 bridgehead atoms. The summed E-state index contributed by atoms with van der Waals surface area (Å²) >= 11 is 0. The van der Waals surface area contributed by atoms with Gasteiger partial charge in [-0.05, 0) is 25.0 Å². The van der Waals surface area contributed by atoms with E-state index in [1.807, 2.05) is 0 Å². The number of imide groups is 1. The van der Waals surface area contributed by atoms with Crippen molar-refractivity contribution in [3.8, 4) is 0 Å². The Morgan fingerprint density at radius 3 is 2.56 bits per heavy atom. The first-order valence-electron chi connectivity index (χ1n) is 5.19. The van der Waals surface area contributed by atoms with Crippen molar-refractivity contribution in [1.82, 2.24) is 4.98 Å². The number of piperidine rings is 1. The van der Waals surface area contributed by atoms with Crippen LogP contribution in [0, 0.1) is 18.8 Å². The fourth-order valence-corrected chi connectivity index (χ4v) is 2.21. The van der Waals surface area contributed by atoms with Crippen molar-refractivity contribution in [3.05, 3.63) is 17.8 Å². The van der Waals surface area contributed by atoms with Crippen molar-refractivity contribution in [2.75, 3.05) is 10.6 Å². The standard InChI is InChI=1S/C11H11N3O2/c1-5-2-6(12)4-13-9(5)14-10(15)7-3-8(7)11(14)16/h2,4,7-8H,3,12H2,1H3. The van der Waals surface area contributed by atoms with E-state index in [2.05, 4.69) is 4.98 Å². The molecular formula is C11H11N3O2. The highest BCUT2D eigenvalue weighted by molar-refractivity contribution is 6.24. The van der Waals surface area contributed by atoms with E-state index in [0.29, 0.717) is 17.9 Å². The third kappa shape index (κ3) is 1.08. The van der Waals surface area contributed by atoms with Gasteiger partial charge in [0.05, 0.1) is 23.7 Å². The van der Waals surface area contributed by atoms with Crippen LogP contribution in [0.5, 0.6) is 0 Å². The quantitative estimate of drug-likeness (QED) is 0.694. The third-order valence-electron chi connectivity index (χ3n) is 3.15. The Balaban J connectivity index is 2.04. The first-order chi connectivity index (χ1) is 7.59. The van der Waals surface area contributed by atoms with E-state index in [-0.39, 0.29) is 23.7 Å². The van der Waals surface area contributed by atoms with Crippen LogP contribution in [0.25, 0.3) is 0 Å². The van der Waals surface area contributed by atoms with E-state index in [9.17, 15) is 9.59 Å². The predicted molar refractivity (Wildman–Crippen MR) is 57.5 cm³/mol. The van der Waals surface area contributed by atoms with E-state index < -0.39 is 0 Å². The minimum atomic E-state index is -0.115. The Kier molecular flexibility index (Phi) is 1.64. The van der Waals surface area contributed by atoms with E-state index in [1.165, 1.54) is 11.1 Å². The van der Waals surface area contributed by atoms with Crippen molar-refractivity contribution in [3.63, 3.8) is 0 Å². The molecular weight excluding hydrogens is 206 g/mol. The molecule has 1 saturated heterocycles. The summed E-state index contributed by atoms with van der Waals surface area (Å²) in [6.45, 7) is 1.79. The number of carbonyl (C=O) groups excluding carboxylic acids is 2. The normalized spacial score (nSPS) is 27.2. The maximum absolute atomic E-state index is 11.8. The number of hydrogen-bond donors (Lipinski definition) is 1. The summed E-state index contributed by atoms with van der Waals surface area (Å²) in [6.07, 6.45) is 2.18. The summed E-state index contributed by atoms with van der Waals surface area (Å²) in [7, 11) is 0. The van der Waals surface area contributed by atoms with Crippen molar-refractivity contribution in [2.24, 2.45) is 11.8 Å². The number of amides is 2. The van der Waals surface area contributed by atoms with Crippen LogP contribution in [0.3, 0.4) is 0 Å². The monoisotopic (exact) mass is 217 g/mol. The second-order valence-electron chi connectivity index (χ2n) is 4.37. The van der Waals surface area contributed by atoms with Crippen molar-refractivity contribution >= 4 is 23.3 Å². The number of aryl methyl sites for hydroxylation is 1. The molecule has 2 heterocycles. The largest absolute Gasteiger partial charge is 0.397 e. The van der Waals surface area contributed by atoms with Gasteiger partial charge >= 0.3 is 0 Å². The van der Waals surface area contributed by atoms with Crippen LogP contribution in [0.15, 0.2) is 12.3 Å².